The number of aryl methyl sites for hydroxylation is 2. The molecule has 1 amide bonds. The summed E-state index contributed by atoms with van der Waals surface area (Å²) >= 11 is 0. The first kappa shape index (κ1) is 20.0. The van der Waals surface area contributed by atoms with Crippen LogP contribution >= 0.6 is 0 Å². The summed E-state index contributed by atoms with van der Waals surface area (Å²) in [6.45, 7) is 3.04. The molecular formula is C26H25N5O. The Morgan fingerprint density at radius 2 is 1.38 bits per heavy atom. The first-order valence-corrected chi connectivity index (χ1v) is 10.8. The summed E-state index contributed by atoms with van der Waals surface area (Å²) in [5.41, 5.74) is 6.13. The molecular weight excluding hydrogens is 398 g/mol. The first-order chi connectivity index (χ1) is 15.7. The summed E-state index contributed by atoms with van der Waals surface area (Å²) in [4.78, 5) is 24.3. The lowest BCUT2D eigenvalue weighted by molar-refractivity contribution is -0.132. The predicted molar refractivity (Wildman–Crippen MR) is 124 cm³/mol. The highest BCUT2D eigenvalue weighted by Gasteiger charge is 2.18. The maximum absolute atomic E-state index is 13.4. The summed E-state index contributed by atoms with van der Waals surface area (Å²) in [6, 6.07) is 20.2. The van der Waals surface area contributed by atoms with Crippen molar-refractivity contribution in [2.75, 3.05) is 0 Å². The van der Waals surface area contributed by atoms with Crippen LogP contribution in [-0.4, -0.2) is 29.6 Å². The van der Waals surface area contributed by atoms with Gasteiger partial charge in [-0.3, -0.25) is 4.79 Å². The van der Waals surface area contributed by atoms with E-state index in [2.05, 4.69) is 41.2 Å². The molecule has 0 saturated carbocycles. The van der Waals surface area contributed by atoms with Crippen molar-refractivity contribution in [1.82, 2.24) is 23.7 Å². The lowest BCUT2D eigenvalue weighted by Crippen LogP contribution is -2.31. The molecule has 0 spiro atoms. The van der Waals surface area contributed by atoms with Crippen molar-refractivity contribution in [3.8, 4) is 0 Å². The molecule has 0 bridgehead atoms. The highest BCUT2D eigenvalue weighted by molar-refractivity contribution is 5.76. The molecule has 0 aliphatic carbocycles. The Kier molecular flexibility index (Phi) is 5.42. The summed E-state index contributed by atoms with van der Waals surface area (Å²) < 4.78 is 4.07. The predicted octanol–water partition coefficient (Wildman–Crippen LogP) is 4.45. The quantitative estimate of drug-likeness (QED) is 0.389. The Bertz CT molecular complexity index is 1290. The number of hydrogen-bond acceptors (Lipinski definition) is 3. The molecule has 0 N–H and O–H groups in total. The molecule has 4 aromatic heterocycles. The Labute approximate surface area is 186 Å². The molecule has 5 aromatic rings. The van der Waals surface area contributed by atoms with Crippen LogP contribution in [0.4, 0.5) is 0 Å². The lowest BCUT2D eigenvalue weighted by atomic mass is 10.1. The number of benzene rings is 1. The summed E-state index contributed by atoms with van der Waals surface area (Å²) in [5.74, 6) is 0.113. The minimum absolute atomic E-state index is 0.113. The molecule has 0 aliphatic rings. The fourth-order valence-corrected chi connectivity index (χ4v) is 3.99. The van der Waals surface area contributed by atoms with Gasteiger partial charge in [-0.2, -0.15) is 0 Å². The van der Waals surface area contributed by atoms with E-state index < -0.39 is 0 Å². The second-order valence-electron chi connectivity index (χ2n) is 8.09. The topological polar surface area (TPSA) is 54.9 Å². The molecule has 0 atom stereocenters. The number of pyridine rings is 2. The van der Waals surface area contributed by atoms with Gasteiger partial charge in [0.25, 0.3) is 0 Å². The Morgan fingerprint density at radius 1 is 0.812 bits per heavy atom. The van der Waals surface area contributed by atoms with Gasteiger partial charge in [-0.05, 0) is 43.2 Å². The van der Waals surface area contributed by atoms with E-state index in [0.717, 1.165) is 29.1 Å². The van der Waals surface area contributed by atoms with Crippen molar-refractivity contribution >= 4 is 17.2 Å². The molecule has 0 aliphatic heterocycles. The monoisotopic (exact) mass is 423 g/mol. The zero-order chi connectivity index (χ0) is 21.9. The molecule has 5 rings (SSSR count). The number of hydrogen-bond donors (Lipinski definition) is 0. The number of amides is 1. The van der Waals surface area contributed by atoms with E-state index in [1.807, 2.05) is 74.9 Å². The van der Waals surface area contributed by atoms with Gasteiger partial charge in [0.15, 0.2) is 0 Å². The van der Waals surface area contributed by atoms with Gasteiger partial charge in [0.05, 0.1) is 36.9 Å². The van der Waals surface area contributed by atoms with E-state index in [4.69, 9.17) is 0 Å². The third-order valence-corrected chi connectivity index (χ3v) is 5.79. The van der Waals surface area contributed by atoms with Gasteiger partial charge < -0.3 is 13.7 Å². The average molecular weight is 424 g/mol. The van der Waals surface area contributed by atoms with Gasteiger partial charge in [0, 0.05) is 18.8 Å². The van der Waals surface area contributed by atoms with Crippen molar-refractivity contribution in [3.05, 3.63) is 108 Å². The molecule has 0 radical (unpaired) electrons. The molecule has 160 valence electrons. The maximum Gasteiger partial charge on any atom is 0.223 e. The van der Waals surface area contributed by atoms with Gasteiger partial charge in [0.1, 0.15) is 11.3 Å². The van der Waals surface area contributed by atoms with Gasteiger partial charge in [-0.1, -0.05) is 42.0 Å². The Hall–Kier alpha value is -3.93. The van der Waals surface area contributed by atoms with Crippen molar-refractivity contribution in [1.29, 1.82) is 0 Å². The summed E-state index contributed by atoms with van der Waals surface area (Å²) in [6.07, 6.45) is 8.85. The first-order valence-electron chi connectivity index (χ1n) is 10.8. The molecule has 6 heteroatoms. The van der Waals surface area contributed by atoms with Crippen LogP contribution in [0.15, 0.2) is 85.5 Å². The molecule has 6 nitrogen and oxygen atoms in total. The van der Waals surface area contributed by atoms with E-state index in [1.54, 1.807) is 0 Å². The van der Waals surface area contributed by atoms with Crippen LogP contribution in [0, 0.1) is 6.92 Å². The fourth-order valence-electron chi connectivity index (χ4n) is 3.99. The van der Waals surface area contributed by atoms with Crippen molar-refractivity contribution < 1.29 is 4.79 Å². The summed E-state index contributed by atoms with van der Waals surface area (Å²) in [5, 5.41) is 0. The number of rotatable bonds is 7. The SMILES string of the molecule is Cc1ccc(CCC(=O)N(Cc2cnc3ccccn23)Cc2cnc3ccccn23)cc1. The van der Waals surface area contributed by atoms with E-state index in [0.29, 0.717) is 19.5 Å². The van der Waals surface area contributed by atoms with Gasteiger partial charge in [-0.15, -0.1) is 0 Å². The Balaban J connectivity index is 1.40. The van der Waals surface area contributed by atoms with Crippen LogP contribution in [0.25, 0.3) is 11.3 Å². The molecule has 0 fully saturated rings. The van der Waals surface area contributed by atoms with Crippen molar-refractivity contribution in [2.45, 2.75) is 32.9 Å². The van der Waals surface area contributed by atoms with Crippen LogP contribution in [0.3, 0.4) is 0 Å². The van der Waals surface area contributed by atoms with Crippen LogP contribution in [0.5, 0.6) is 0 Å². The highest BCUT2D eigenvalue weighted by Crippen LogP contribution is 2.16. The fraction of sp³-hybridized carbons (Fsp3) is 0.192. The van der Waals surface area contributed by atoms with E-state index in [1.165, 1.54) is 11.1 Å². The van der Waals surface area contributed by atoms with Crippen LogP contribution < -0.4 is 0 Å². The molecule has 0 saturated heterocycles. The number of carbonyl (C=O) groups excluding carboxylic acids is 1. The average Bonchev–Trinajstić information content (AvgIpc) is 3.42. The number of nitrogens with zero attached hydrogens (tertiary/aromatic N) is 5. The molecule has 4 heterocycles. The van der Waals surface area contributed by atoms with Gasteiger partial charge in [0.2, 0.25) is 5.91 Å². The van der Waals surface area contributed by atoms with Crippen molar-refractivity contribution in [3.63, 3.8) is 0 Å². The van der Waals surface area contributed by atoms with E-state index in [9.17, 15) is 4.79 Å². The van der Waals surface area contributed by atoms with E-state index >= 15 is 0 Å². The molecule has 32 heavy (non-hydrogen) atoms. The highest BCUT2D eigenvalue weighted by atomic mass is 16.2. The van der Waals surface area contributed by atoms with E-state index in [-0.39, 0.29) is 5.91 Å². The number of imidazole rings is 2. The number of aromatic nitrogens is 4. The third-order valence-electron chi connectivity index (χ3n) is 5.79. The largest absolute Gasteiger partial charge is 0.331 e. The van der Waals surface area contributed by atoms with Crippen molar-refractivity contribution in [2.24, 2.45) is 0 Å². The minimum atomic E-state index is 0.113. The van der Waals surface area contributed by atoms with Gasteiger partial charge >= 0.3 is 0 Å². The zero-order valence-electron chi connectivity index (χ0n) is 18.1. The number of carbonyl (C=O) groups is 1. The smallest absolute Gasteiger partial charge is 0.223 e. The molecule has 0 unspecified atom stereocenters. The van der Waals surface area contributed by atoms with Gasteiger partial charge in [-0.25, -0.2) is 9.97 Å². The normalized spacial score (nSPS) is 11.3. The standard InChI is InChI=1S/C26H25N5O/c1-20-8-10-21(11-9-20)12-13-26(32)29(18-22-16-27-24-6-2-4-14-30(22)24)19-23-17-28-25-7-3-5-15-31(23)25/h2-11,14-17H,12-13,18-19H2,1H3. The van der Waals surface area contributed by atoms with Crippen LogP contribution in [0.2, 0.25) is 0 Å². The van der Waals surface area contributed by atoms with Crippen LogP contribution in [-0.2, 0) is 24.3 Å². The lowest BCUT2D eigenvalue weighted by Gasteiger charge is -2.22. The Morgan fingerprint density at radius 3 is 1.94 bits per heavy atom. The minimum Gasteiger partial charge on any atom is -0.331 e. The zero-order valence-corrected chi connectivity index (χ0v) is 18.1. The maximum atomic E-state index is 13.4. The molecule has 1 aromatic carbocycles. The third kappa shape index (κ3) is 4.12. The second kappa shape index (κ2) is 8.67. The number of fused-ring (bicyclic) bond motifs is 2. The summed E-state index contributed by atoms with van der Waals surface area (Å²) in [7, 11) is 0. The second-order valence-corrected chi connectivity index (χ2v) is 8.09. The van der Waals surface area contributed by atoms with Crippen LogP contribution in [0.1, 0.15) is 28.9 Å².